The molecule has 1 aromatic carbocycles. The van der Waals surface area contributed by atoms with Crippen molar-refractivity contribution in [1.82, 2.24) is 0 Å². The molecule has 0 fully saturated rings. The Morgan fingerprint density at radius 3 is 2.48 bits per heavy atom. The molecule has 0 unspecified atom stereocenters. The summed E-state index contributed by atoms with van der Waals surface area (Å²) in [5.41, 5.74) is 1.90. The fraction of sp³-hybridized carbons (Fsp3) is 0.500. The van der Waals surface area contributed by atoms with E-state index in [-0.39, 0.29) is 40.2 Å². The van der Waals surface area contributed by atoms with Crippen molar-refractivity contribution in [3.63, 3.8) is 0 Å². The van der Waals surface area contributed by atoms with Gasteiger partial charge in [-0.2, -0.15) is 8.42 Å². The van der Waals surface area contributed by atoms with Crippen molar-refractivity contribution >= 4 is 43.0 Å². The summed E-state index contributed by atoms with van der Waals surface area (Å²) in [7, 11) is 0.363. The average Bonchev–Trinajstić information content (AvgIpc) is 2.94. The van der Waals surface area contributed by atoms with E-state index in [0.717, 1.165) is 27.8 Å². The Morgan fingerprint density at radius 2 is 1.85 bits per heavy atom. The second-order valence-electron chi connectivity index (χ2n) is 6.16. The smallest absolute Gasteiger partial charge is 0.495 e. The first-order valence-corrected chi connectivity index (χ1v) is 12.6. The van der Waals surface area contributed by atoms with Gasteiger partial charge in [0.05, 0.1) is 7.11 Å². The Kier molecular flexibility index (Phi) is 11.2. The van der Waals surface area contributed by atoms with E-state index in [9.17, 15) is 13.0 Å². The maximum Gasteiger partial charge on any atom is 1.00 e. The first-order chi connectivity index (χ1) is 12.4. The second kappa shape index (κ2) is 12.0. The molecule has 0 spiro atoms. The molecule has 1 N–H and O–H groups in total. The molecule has 9 heteroatoms. The molecule has 0 saturated heterocycles. The summed E-state index contributed by atoms with van der Waals surface area (Å²) in [6.45, 7) is 2.21. The van der Waals surface area contributed by atoms with E-state index >= 15 is 0 Å². The monoisotopic (exact) mass is 455 g/mol. The van der Waals surface area contributed by atoms with Crippen LogP contribution in [-0.4, -0.2) is 20.1 Å². The molecule has 27 heavy (non-hydrogen) atoms. The summed E-state index contributed by atoms with van der Waals surface area (Å²) in [5.74, 6) is 0.138. The molecule has 0 saturated carbocycles. The van der Waals surface area contributed by atoms with Gasteiger partial charge in [-0.05, 0) is 36.1 Å². The van der Waals surface area contributed by atoms with Crippen LogP contribution in [-0.2, 0) is 23.0 Å². The van der Waals surface area contributed by atoms with Gasteiger partial charge in [0.2, 0.25) is 0 Å². The van der Waals surface area contributed by atoms with Gasteiger partial charge in [-0.25, -0.2) is 0 Å². The SMILES string of the molecule is CCCCCCCc1ssc(=S)c1Cc1ccc(OC)c(S(=O)(=O)O)c1.[Na+]. The average molecular weight is 456 g/mol. The molecule has 1 heterocycles. The number of methoxy groups -OCH3 is 1. The van der Waals surface area contributed by atoms with Crippen LogP contribution < -0.4 is 34.3 Å². The van der Waals surface area contributed by atoms with Gasteiger partial charge >= 0.3 is 29.6 Å². The first-order valence-electron chi connectivity index (χ1n) is 8.62. The van der Waals surface area contributed by atoms with E-state index in [2.05, 4.69) is 6.92 Å². The van der Waals surface area contributed by atoms with Crippen molar-refractivity contribution in [3.05, 3.63) is 38.0 Å². The molecule has 0 amide bonds. The number of aryl methyl sites for hydroxylation is 1. The van der Waals surface area contributed by atoms with Gasteiger partial charge in [0.15, 0.2) is 0 Å². The third-order valence-electron chi connectivity index (χ3n) is 4.20. The van der Waals surface area contributed by atoms with Crippen LogP contribution in [0.5, 0.6) is 5.75 Å². The first kappa shape index (κ1) is 25.2. The molecule has 0 radical (unpaired) electrons. The molecule has 0 bridgehead atoms. The van der Waals surface area contributed by atoms with Crippen LogP contribution in [0.4, 0.5) is 0 Å². The summed E-state index contributed by atoms with van der Waals surface area (Å²) in [6, 6.07) is 4.85. The fourth-order valence-electron chi connectivity index (χ4n) is 2.79. The Balaban J connectivity index is 0.00000364. The Morgan fingerprint density at radius 1 is 1.15 bits per heavy atom. The molecular formula is C18H24NaO4S4+. The zero-order valence-corrected chi connectivity index (χ0v) is 21.3. The predicted octanol–water partition coefficient (Wildman–Crippen LogP) is 2.90. The van der Waals surface area contributed by atoms with Gasteiger partial charge in [-0.3, -0.25) is 4.55 Å². The van der Waals surface area contributed by atoms with E-state index in [1.807, 2.05) is 6.07 Å². The van der Waals surface area contributed by atoms with Gasteiger partial charge in [0.1, 0.15) is 14.5 Å². The molecule has 2 rings (SSSR count). The number of hydrogen-bond donors (Lipinski definition) is 1. The predicted molar refractivity (Wildman–Crippen MR) is 111 cm³/mol. The van der Waals surface area contributed by atoms with E-state index in [4.69, 9.17) is 17.0 Å². The topological polar surface area (TPSA) is 63.6 Å². The molecule has 1 aromatic heterocycles. The van der Waals surface area contributed by atoms with Crippen molar-refractivity contribution in [2.75, 3.05) is 7.11 Å². The normalized spacial score (nSPS) is 11.2. The third kappa shape index (κ3) is 7.51. The largest absolute Gasteiger partial charge is 1.00 e. The van der Waals surface area contributed by atoms with Crippen LogP contribution in [0.1, 0.15) is 55.0 Å². The van der Waals surface area contributed by atoms with Crippen LogP contribution in [0.25, 0.3) is 0 Å². The van der Waals surface area contributed by atoms with Crippen LogP contribution in [0.3, 0.4) is 0 Å². The van der Waals surface area contributed by atoms with Crippen molar-refractivity contribution < 1.29 is 47.3 Å². The number of ether oxygens (including phenoxy) is 1. The van der Waals surface area contributed by atoms with Gasteiger partial charge in [0.25, 0.3) is 10.1 Å². The summed E-state index contributed by atoms with van der Waals surface area (Å²) in [4.78, 5) is 1.09. The van der Waals surface area contributed by atoms with Crippen LogP contribution >= 0.6 is 32.9 Å². The van der Waals surface area contributed by atoms with Gasteiger partial charge in [0, 0.05) is 11.3 Å². The second-order valence-corrected chi connectivity index (χ2v) is 10.4. The number of unbranched alkanes of at least 4 members (excludes halogenated alkanes) is 4. The van der Waals surface area contributed by atoms with Crippen LogP contribution in [0.15, 0.2) is 23.1 Å². The van der Waals surface area contributed by atoms with E-state index < -0.39 is 10.1 Å². The summed E-state index contributed by atoms with van der Waals surface area (Å²) >= 11 is 5.48. The minimum atomic E-state index is -4.34. The van der Waals surface area contributed by atoms with E-state index in [0.29, 0.717) is 6.42 Å². The van der Waals surface area contributed by atoms with E-state index in [1.54, 1.807) is 26.7 Å². The van der Waals surface area contributed by atoms with Crippen molar-refractivity contribution in [2.24, 2.45) is 0 Å². The molecule has 0 aliphatic carbocycles. The number of benzene rings is 1. The Bertz CT molecular complexity index is 887. The third-order valence-corrected chi connectivity index (χ3v) is 8.37. The summed E-state index contributed by atoms with van der Waals surface area (Å²) < 4.78 is 38.5. The van der Waals surface area contributed by atoms with Gasteiger partial charge in [-0.1, -0.05) is 71.6 Å². The van der Waals surface area contributed by atoms with Crippen molar-refractivity contribution in [1.29, 1.82) is 0 Å². The minimum absolute atomic E-state index is 0. The molecule has 4 nitrogen and oxygen atoms in total. The quantitative estimate of drug-likeness (QED) is 0.196. The van der Waals surface area contributed by atoms with Gasteiger partial charge < -0.3 is 4.74 Å². The Labute approximate surface area is 196 Å². The molecule has 2 aromatic rings. The minimum Gasteiger partial charge on any atom is -0.495 e. The van der Waals surface area contributed by atoms with Crippen LogP contribution in [0, 0.1) is 3.82 Å². The van der Waals surface area contributed by atoms with Gasteiger partial charge in [-0.15, -0.1) is 0 Å². The summed E-state index contributed by atoms with van der Waals surface area (Å²) in [6.07, 6.45) is 7.71. The Hall–Kier alpha value is 0.200. The molecule has 144 valence electrons. The summed E-state index contributed by atoms with van der Waals surface area (Å²) in [5, 5.41) is 0. The maximum atomic E-state index is 11.6. The van der Waals surface area contributed by atoms with Crippen molar-refractivity contribution in [3.8, 4) is 5.75 Å². The number of hydrogen-bond acceptors (Lipinski definition) is 6. The zero-order chi connectivity index (χ0) is 19.2. The van der Waals surface area contributed by atoms with E-state index in [1.165, 1.54) is 43.7 Å². The molecule has 0 atom stereocenters. The van der Waals surface area contributed by atoms with Crippen LogP contribution in [0.2, 0.25) is 0 Å². The van der Waals surface area contributed by atoms with Crippen molar-refractivity contribution in [2.45, 2.75) is 56.8 Å². The molecule has 0 aliphatic heterocycles. The number of rotatable bonds is 10. The standard InChI is InChI=1S/C18H24O4S4.Na/c1-3-4-5-6-7-8-16-14(18(23)25-24-16)11-13-9-10-15(22-2)17(12-13)26(19,20)21;/h9-10,12H,3-8,11H2,1-2H3,(H,19,20,21);/q;+1. The zero-order valence-electron chi connectivity index (χ0n) is 16.0. The molecule has 0 aliphatic rings. The maximum absolute atomic E-state index is 11.6. The molecular weight excluding hydrogens is 431 g/mol. The fourth-order valence-corrected chi connectivity index (χ4v) is 6.49.